The van der Waals surface area contributed by atoms with Gasteiger partial charge < -0.3 is 5.32 Å². The van der Waals surface area contributed by atoms with Gasteiger partial charge in [0.2, 0.25) is 0 Å². The van der Waals surface area contributed by atoms with E-state index in [-0.39, 0.29) is 11.7 Å². The predicted octanol–water partition coefficient (Wildman–Crippen LogP) is 1.68. The topological polar surface area (TPSA) is 73.9 Å². The number of carbonyl (C=O) groups is 1. The Bertz CT molecular complexity index is 775. The molecule has 25 heavy (non-hydrogen) atoms. The van der Waals surface area contributed by atoms with Gasteiger partial charge in [0.25, 0.3) is 5.91 Å². The van der Waals surface area contributed by atoms with E-state index in [0.29, 0.717) is 30.3 Å². The van der Waals surface area contributed by atoms with Gasteiger partial charge in [0, 0.05) is 42.7 Å². The van der Waals surface area contributed by atoms with Crippen LogP contribution in [0.1, 0.15) is 40.2 Å². The number of carbonyl (C=O) groups excluding carboxylic acids is 1. The Morgan fingerprint density at radius 1 is 1.44 bits per heavy atom. The molecule has 2 aromatic rings. The molecule has 2 aromatic heterocycles. The minimum Gasteiger partial charge on any atom is -0.350 e. The molecule has 3 heterocycles. The molecule has 1 saturated heterocycles. The van der Waals surface area contributed by atoms with E-state index in [1.807, 2.05) is 0 Å². The summed E-state index contributed by atoms with van der Waals surface area (Å²) >= 11 is 0. The molecular weight excluding hydrogens is 321 g/mol. The van der Waals surface area contributed by atoms with E-state index in [2.05, 4.69) is 25.4 Å². The molecule has 1 unspecified atom stereocenters. The number of aryl methyl sites for hydroxylation is 1. The number of rotatable bonds is 5. The normalized spacial score (nSPS) is 20.0. The Morgan fingerprint density at radius 3 is 3.24 bits per heavy atom. The summed E-state index contributed by atoms with van der Waals surface area (Å²) in [5, 5.41) is 10.2. The number of pyridine rings is 1. The number of hydrogen-bond acceptors (Lipinski definition) is 4. The lowest BCUT2D eigenvalue weighted by Crippen LogP contribution is -2.31. The summed E-state index contributed by atoms with van der Waals surface area (Å²) < 4.78 is 13.7. The Kier molecular flexibility index (Phi) is 4.48. The molecule has 2 aliphatic rings. The molecule has 1 aliphatic heterocycles. The van der Waals surface area contributed by atoms with Crippen LogP contribution in [0.15, 0.2) is 18.5 Å². The molecule has 4 rings (SSSR count). The predicted molar refractivity (Wildman–Crippen MR) is 90.5 cm³/mol. The number of halogens is 1. The van der Waals surface area contributed by atoms with Gasteiger partial charge in [-0.1, -0.05) is 0 Å². The van der Waals surface area contributed by atoms with Crippen molar-refractivity contribution < 1.29 is 9.18 Å². The molecule has 1 aliphatic carbocycles. The van der Waals surface area contributed by atoms with E-state index in [0.717, 1.165) is 50.0 Å². The number of aromatic amines is 1. The Hall–Kier alpha value is -2.28. The third-order valence-electron chi connectivity index (χ3n) is 5.19. The van der Waals surface area contributed by atoms with Crippen molar-refractivity contribution in [2.24, 2.45) is 5.92 Å². The highest BCUT2D eigenvalue weighted by molar-refractivity contribution is 5.94. The largest absolute Gasteiger partial charge is 0.350 e. The molecule has 132 valence electrons. The molecule has 1 fully saturated rings. The maximum absolute atomic E-state index is 13.7. The van der Waals surface area contributed by atoms with Gasteiger partial charge in [0.15, 0.2) is 5.69 Å². The van der Waals surface area contributed by atoms with Crippen LogP contribution >= 0.6 is 0 Å². The molecule has 2 N–H and O–H groups in total. The average molecular weight is 343 g/mol. The number of fused-ring (bicyclic) bond motifs is 1. The van der Waals surface area contributed by atoms with Crippen molar-refractivity contribution in [1.82, 2.24) is 25.4 Å². The first-order chi connectivity index (χ1) is 12.2. The highest BCUT2D eigenvalue weighted by Gasteiger charge is 2.26. The highest BCUT2D eigenvalue weighted by Crippen LogP contribution is 2.23. The fraction of sp³-hybridized carbons (Fsp3) is 0.500. The second kappa shape index (κ2) is 6.92. The first-order valence-corrected chi connectivity index (χ1v) is 8.86. The van der Waals surface area contributed by atoms with Crippen LogP contribution in [0.4, 0.5) is 4.39 Å². The summed E-state index contributed by atoms with van der Waals surface area (Å²) in [4.78, 5) is 18.4. The molecule has 1 amide bonds. The number of likely N-dealkylation sites (tertiary alicyclic amines) is 1. The minimum absolute atomic E-state index is 0.0852. The number of H-pyrrole nitrogens is 1. The van der Waals surface area contributed by atoms with Gasteiger partial charge in [-0.3, -0.25) is 19.8 Å². The fourth-order valence-corrected chi connectivity index (χ4v) is 3.82. The molecule has 6 nitrogen and oxygen atoms in total. The van der Waals surface area contributed by atoms with E-state index < -0.39 is 0 Å². The van der Waals surface area contributed by atoms with Crippen LogP contribution < -0.4 is 5.32 Å². The van der Waals surface area contributed by atoms with Gasteiger partial charge in [0.1, 0.15) is 5.82 Å². The first-order valence-electron chi connectivity index (χ1n) is 8.86. The zero-order chi connectivity index (χ0) is 17.2. The monoisotopic (exact) mass is 343 g/mol. The van der Waals surface area contributed by atoms with Gasteiger partial charge in [-0.05, 0) is 44.2 Å². The lowest BCUT2D eigenvalue weighted by Gasteiger charge is -2.16. The van der Waals surface area contributed by atoms with E-state index in [1.165, 1.54) is 6.20 Å². The lowest BCUT2D eigenvalue weighted by molar-refractivity contribution is 0.0941. The number of nitrogens with one attached hydrogen (secondary N) is 2. The van der Waals surface area contributed by atoms with Gasteiger partial charge in [-0.2, -0.15) is 5.10 Å². The Balaban J connectivity index is 1.28. The van der Waals surface area contributed by atoms with Gasteiger partial charge in [-0.15, -0.1) is 0 Å². The van der Waals surface area contributed by atoms with Crippen molar-refractivity contribution in [2.45, 2.75) is 32.2 Å². The van der Waals surface area contributed by atoms with Crippen LogP contribution in [0.3, 0.4) is 0 Å². The van der Waals surface area contributed by atoms with Crippen LogP contribution in [-0.2, 0) is 19.4 Å². The second-order valence-corrected chi connectivity index (χ2v) is 6.95. The average Bonchev–Trinajstić information content (AvgIpc) is 3.31. The van der Waals surface area contributed by atoms with Crippen molar-refractivity contribution >= 4 is 5.91 Å². The summed E-state index contributed by atoms with van der Waals surface area (Å²) in [5.74, 6) is 0.0468. The smallest absolute Gasteiger partial charge is 0.272 e. The molecule has 0 spiro atoms. The summed E-state index contributed by atoms with van der Waals surface area (Å²) in [5.41, 5.74) is 3.42. The van der Waals surface area contributed by atoms with Crippen LogP contribution in [0, 0.1) is 11.7 Å². The molecule has 1 atom stereocenters. The number of aromatic nitrogens is 3. The van der Waals surface area contributed by atoms with Gasteiger partial charge >= 0.3 is 0 Å². The van der Waals surface area contributed by atoms with E-state index in [1.54, 1.807) is 12.3 Å². The van der Waals surface area contributed by atoms with Gasteiger partial charge in [0.05, 0.1) is 6.20 Å². The highest BCUT2D eigenvalue weighted by atomic mass is 19.1. The van der Waals surface area contributed by atoms with Crippen molar-refractivity contribution in [3.8, 4) is 0 Å². The number of hydrogen-bond donors (Lipinski definition) is 2. The number of nitrogens with zero attached hydrogens (tertiary/aromatic N) is 3. The van der Waals surface area contributed by atoms with Crippen molar-refractivity contribution in [1.29, 1.82) is 0 Å². The maximum Gasteiger partial charge on any atom is 0.272 e. The summed E-state index contributed by atoms with van der Waals surface area (Å²) in [6, 6.07) is 1.72. The Labute approximate surface area is 145 Å². The summed E-state index contributed by atoms with van der Waals surface area (Å²) in [6.45, 7) is 3.00. The second-order valence-electron chi connectivity index (χ2n) is 6.95. The van der Waals surface area contributed by atoms with Crippen LogP contribution in [0.2, 0.25) is 0 Å². The van der Waals surface area contributed by atoms with Crippen LogP contribution in [-0.4, -0.2) is 45.6 Å². The molecule has 0 bridgehead atoms. The zero-order valence-electron chi connectivity index (χ0n) is 14.1. The molecule has 0 radical (unpaired) electrons. The van der Waals surface area contributed by atoms with E-state index >= 15 is 0 Å². The summed E-state index contributed by atoms with van der Waals surface area (Å²) in [6.07, 6.45) is 6.89. The van der Waals surface area contributed by atoms with Crippen LogP contribution in [0.5, 0.6) is 0 Å². The minimum atomic E-state index is -0.258. The van der Waals surface area contributed by atoms with Crippen molar-refractivity contribution in [3.63, 3.8) is 0 Å². The van der Waals surface area contributed by atoms with Gasteiger partial charge in [-0.25, -0.2) is 4.39 Å². The lowest BCUT2D eigenvalue weighted by atomic mass is 10.1. The molecular formula is C18H22FN5O. The first kappa shape index (κ1) is 16.2. The third-order valence-corrected chi connectivity index (χ3v) is 5.19. The maximum atomic E-state index is 13.7. The van der Waals surface area contributed by atoms with E-state index in [9.17, 15) is 9.18 Å². The summed E-state index contributed by atoms with van der Waals surface area (Å²) in [7, 11) is 0. The SMILES string of the molecule is O=C(NCC1CCN(Cc2ccncc2F)C1)c1n[nH]c2c1CCC2. The van der Waals surface area contributed by atoms with Crippen molar-refractivity contribution in [3.05, 3.63) is 46.8 Å². The molecule has 0 aromatic carbocycles. The fourth-order valence-electron chi connectivity index (χ4n) is 3.82. The van der Waals surface area contributed by atoms with E-state index in [4.69, 9.17) is 0 Å². The third kappa shape index (κ3) is 3.42. The molecule has 0 saturated carbocycles. The van der Waals surface area contributed by atoms with Crippen molar-refractivity contribution in [2.75, 3.05) is 19.6 Å². The standard InChI is InChI=1S/C18H22FN5O/c19-15-9-20-6-4-13(15)11-24-7-5-12(10-24)8-21-18(25)17-14-2-1-3-16(14)22-23-17/h4,6,9,12H,1-3,5,7-8,10-11H2,(H,21,25)(H,22,23). The Morgan fingerprint density at radius 2 is 2.36 bits per heavy atom. The zero-order valence-corrected chi connectivity index (χ0v) is 14.1. The number of amides is 1. The quantitative estimate of drug-likeness (QED) is 0.866. The van der Waals surface area contributed by atoms with Crippen LogP contribution in [0.25, 0.3) is 0 Å². The molecule has 7 heteroatoms.